The van der Waals surface area contributed by atoms with Gasteiger partial charge in [0.25, 0.3) is 0 Å². The van der Waals surface area contributed by atoms with Gasteiger partial charge in [-0.2, -0.15) is 0 Å². The average molecular weight is 261 g/mol. The van der Waals surface area contributed by atoms with Gasteiger partial charge in [-0.05, 0) is 13.8 Å². The molecule has 3 aromatic heterocycles. The Hall–Kier alpha value is -2.02. The van der Waals surface area contributed by atoms with Gasteiger partial charge in [-0.1, -0.05) is 5.21 Å². The highest BCUT2D eigenvalue weighted by atomic mass is 32.1. The van der Waals surface area contributed by atoms with Gasteiger partial charge < -0.3 is 4.74 Å². The molecule has 0 aliphatic heterocycles. The summed E-state index contributed by atoms with van der Waals surface area (Å²) in [4.78, 5) is 8.69. The lowest BCUT2D eigenvalue weighted by Gasteiger charge is -2.05. The minimum absolute atomic E-state index is 0.413. The number of hydrogen-bond acceptors (Lipinski definition) is 6. The second-order valence-corrected chi connectivity index (χ2v) is 4.87. The minimum atomic E-state index is 0.413. The Balaban J connectivity index is 1.87. The molecule has 0 radical (unpaired) electrons. The smallest absolute Gasteiger partial charge is 0.242 e. The van der Waals surface area contributed by atoms with Crippen molar-refractivity contribution in [1.29, 1.82) is 0 Å². The van der Waals surface area contributed by atoms with Crippen molar-refractivity contribution in [3.63, 3.8) is 0 Å². The van der Waals surface area contributed by atoms with Gasteiger partial charge in [0, 0.05) is 11.1 Å². The Morgan fingerprint density at radius 3 is 2.94 bits per heavy atom. The van der Waals surface area contributed by atoms with E-state index in [4.69, 9.17) is 4.74 Å². The van der Waals surface area contributed by atoms with Gasteiger partial charge in [0.15, 0.2) is 0 Å². The third kappa shape index (κ3) is 2.04. The lowest BCUT2D eigenvalue weighted by molar-refractivity contribution is 0.295. The number of thiazole rings is 1. The first-order valence-corrected chi connectivity index (χ1v) is 6.32. The van der Waals surface area contributed by atoms with E-state index < -0.39 is 0 Å². The molecule has 0 aliphatic carbocycles. The van der Waals surface area contributed by atoms with Crippen LogP contribution in [0.25, 0.3) is 5.52 Å². The Kier molecular flexibility index (Phi) is 2.67. The Morgan fingerprint density at radius 2 is 2.17 bits per heavy atom. The molecule has 18 heavy (non-hydrogen) atoms. The molecule has 3 aromatic rings. The Bertz CT molecular complexity index is 690. The Labute approximate surface area is 107 Å². The van der Waals surface area contributed by atoms with E-state index in [1.807, 2.05) is 25.4 Å². The molecule has 0 unspecified atom stereocenters. The van der Waals surface area contributed by atoms with Crippen LogP contribution in [0.4, 0.5) is 0 Å². The van der Waals surface area contributed by atoms with Crippen LogP contribution in [-0.4, -0.2) is 24.8 Å². The largest absolute Gasteiger partial charge is 0.469 e. The van der Waals surface area contributed by atoms with E-state index in [0.29, 0.717) is 12.5 Å². The van der Waals surface area contributed by atoms with Gasteiger partial charge in [-0.25, -0.2) is 14.5 Å². The third-order valence-electron chi connectivity index (χ3n) is 2.38. The summed E-state index contributed by atoms with van der Waals surface area (Å²) in [5, 5.41) is 10.7. The van der Waals surface area contributed by atoms with Gasteiger partial charge >= 0.3 is 0 Å². The van der Waals surface area contributed by atoms with Crippen LogP contribution in [-0.2, 0) is 6.61 Å². The highest BCUT2D eigenvalue weighted by Crippen LogP contribution is 2.18. The molecule has 6 nitrogen and oxygen atoms in total. The first kappa shape index (κ1) is 11.1. The SMILES string of the molecule is Cc1csc(COc2nc(C)cn3nncc23)n1. The van der Waals surface area contributed by atoms with Gasteiger partial charge in [0.2, 0.25) is 5.88 Å². The molecular formula is C11H11N5OS. The zero-order valence-electron chi connectivity index (χ0n) is 9.99. The van der Waals surface area contributed by atoms with E-state index in [0.717, 1.165) is 21.9 Å². The zero-order valence-corrected chi connectivity index (χ0v) is 10.8. The summed E-state index contributed by atoms with van der Waals surface area (Å²) in [6.45, 7) is 4.27. The van der Waals surface area contributed by atoms with Crippen molar-refractivity contribution < 1.29 is 4.74 Å². The lowest BCUT2D eigenvalue weighted by Crippen LogP contribution is -2.01. The molecule has 92 valence electrons. The maximum atomic E-state index is 5.69. The molecule has 0 N–H and O–H groups in total. The van der Waals surface area contributed by atoms with E-state index >= 15 is 0 Å². The summed E-state index contributed by atoms with van der Waals surface area (Å²) < 4.78 is 7.35. The van der Waals surface area contributed by atoms with E-state index in [1.54, 1.807) is 22.0 Å². The molecule has 0 fully saturated rings. The summed E-state index contributed by atoms with van der Waals surface area (Å²) in [6.07, 6.45) is 3.44. The number of aryl methyl sites for hydroxylation is 2. The summed E-state index contributed by atoms with van der Waals surface area (Å²) in [7, 11) is 0. The molecular weight excluding hydrogens is 250 g/mol. The van der Waals surface area contributed by atoms with Crippen LogP contribution in [0.15, 0.2) is 17.8 Å². The quantitative estimate of drug-likeness (QED) is 0.719. The molecule has 0 saturated carbocycles. The van der Waals surface area contributed by atoms with Gasteiger partial charge in [0.05, 0.1) is 18.1 Å². The topological polar surface area (TPSA) is 65.2 Å². The fourth-order valence-corrected chi connectivity index (χ4v) is 2.30. The number of hydrogen-bond donors (Lipinski definition) is 0. The molecule has 0 aliphatic rings. The summed E-state index contributed by atoms with van der Waals surface area (Å²) in [5.74, 6) is 0.535. The number of aromatic nitrogens is 5. The standard InChI is InChI=1S/C11H11N5OS/c1-7-4-16-9(3-12-15-16)11(14-7)17-5-10-13-8(2)6-18-10/h3-4,6H,5H2,1-2H3. The second-order valence-electron chi connectivity index (χ2n) is 3.92. The first-order valence-electron chi connectivity index (χ1n) is 5.44. The van der Waals surface area contributed by atoms with Crippen LogP contribution in [0.3, 0.4) is 0 Å². The first-order chi connectivity index (χ1) is 8.72. The number of ether oxygens (including phenoxy) is 1. The molecule has 0 saturated heterocycles. The van der Waals surface area contributed by atoms with Crippen molar-refractivity contribution in [2.45, 2.75) is 20.5 Å². The van der Waals surface area contributed by atoms with Gasteiger partial charge in [-0.15, -0.1) is 16.4 Å². The molecule has 0 bridgehead atoms. The number of nitrogens with zero attached hydrogens (tertiary/aromatic N) is 5. The Morgan fingerprint density at radius 1 is 1.28 bits per heavy atom. The number of rotatable bonds is 3. The normalized spacial score (nSPS) is 11.0. The predicted molar refractivity (Wildman–Crippen MR) is 66.7 cm³/mol. The predicted octanol–water partition coefficient (Wildman–Crippen LogP) is 1.78. The molecule has 0 atom stereocenters. The van der Waals surface area contributed by atoms with Crippen LogP contribution in [0, 0.1) is 13.8 Å². The van der Waals surface area contributed by atoms with E-state index in [-0.39, 0.29) is 0 Å². The van der Waals surface area contributed by atoms with E-state index in [1.165, 1.54) is 0 Å². The van der Waals surface area contributed by atoms with Crippen LogP contribution in [0.2, 0.25) is 0 Å². The monoisotopic (exact) mass is 261 g/mol. The van der Waals surface area contributed by atoms with Crippen molar-refractivity contribution in [2.75, 3.05) is 0 Å². The van der Waals surface area contributed by atoms with Crippen LogP contribution in [0.1, 0.15) is 16.4 Å². The summed E-state index contributed by atoms with van der Waals surface area (Å²) >= 11 is 1.58. The zero-order chi connectivity index (χ0) is 12.5. The summed E-state index contributed by atoms with van der Waals surface area (Å²) in [6, 6.07) is 0. The maximum absolute atomic E-state index is 5.69. The molecule has 0 spiro atoms. The molecule has 7 heteroatoms. The third-order valence-corrected chi connectivity index (χ3v) is 3.32. The second kappa shape index (κ2) is 4.34. The van der Waals surface area contributed by atoms with Gasteiger partial charge in [0.1, 0.15) is 17.1 Å². The number of fused-ring (bicyclic) bond motifs is 1. The average Bonchev–Trinajstić information content (AvgIpc) is 2.94. The lowest BCUT2D eigenvalue weighted by atomic mass is 10.4. The fourth-order valence-electron chi connectivity index (χ4n) is 1.62. The van der Waals surface area contributed by atoms with Crippen LogP contribution >= 0.6 is 11.3 Å². The van der Waals surface area contributed by atoms with Crippen molar-refractivity contribution in [1.82, 2.24) is 24.8 Å². The van der Waals surface area contributed by atoms with Crippen LogP contribution < -0.4 is 4.74 Å². The minimum Gasteiger partial charge on any atom is -0.469 e. The van der Waals surface area contributed by atoms with Crippen molar-refractivity contribution in [3.8, 4) is 5.88 Å². The molecule has 3 heterocycles. The van der Waals surface area contributed by atoms with Crippen molar-refractivity contribution >= 4 is 16.9 Å². The molecule has 0 aromatic carbocycles. The fraction of sp³-hybridized carbons (Fsp3) is 0.273. The van der Waals surface area contributed by atoms with Crippen LogP contribution in [0.5, 0.6) is 5.88 Å². The maximum Gasteiger partial charge on any atom is 0.242 e. The molecule has 3 rings (SSSR count). The molecule has 0 amide bonds. The highest BCUT2D eigenvalue weighted by molar-refractivity contribution is 7.09. The summed E-state index contributed by atoms with van der Waals surface area (Å²) in [5.41, 5.74) is 2.60. The van der Waals surface area contributed by atoms with Crippen molar-refractivity contribution in [3.05, 3.63) is 34.2 Å². The van der Waals surface area contributed by atoms with E-state index in [2.05, 4.69) is 20.3 Å². The van der Waals surface area contributed by atoms with Gasteiger partial charge in [-0.3, -0.25) is 0 Å². The van der Waals surface area contributed by atoms with Crippen molar-refractivity contribution in [2.24, 2.45) is 0 Å². The van der Waals surface area contributed by atoms with E-state index in [9.17, 15) is 0 Å². The highest BCUT2D eigenvalue weighted by Gasteiger charge is 2.08.